The molecule has 2 aromatic rings. The average Bonchev–Trinajstić information content (AvgIpc) is 3.02. The van der Waals surface area contributed by atoms with E-state index in [2.05, 4.69) is 35.7 Å². The monoisotopic (exact) mass is 274 g/mol. The van der Waals surface area contributed by atoms with Gasteiger partial charge in [0.2, 0.25) is 11.9 Å². The Hall–Kier alpha value is -2.25. The Labute approximate surface area is 117 Å². The van der Waals surface area contributed by atoms with E-state index in [-0.39, 0.29) is 0 Å². The van der Waals surface area contributed by atoms with Crippen molar-refractivity contribution in [1.29, 1.82) is 0 Å². The van der Waals surface area contributed by atoms with Gasteiger partial charge in [0.1, 0.15) is 12.7 Å². The summed E-state index contributed by atoms with van der Waals surface area (Å²) >= 11 is 0. The first-order valence-corrected chi connectivity index (χ1v) is 6.90. The fraction of sp³-hybridized carbons (Fsp3) is 0.583. The van der Waals surface area contributed by atoms with Gasteiger partial charge in [0, 0.05) is 13.1 Å². The van der Waals surface area contributed by atoms with Gasteiger partial charge >= 0.3 is 0 Å². The van der Waals surface area contributed by atoms with Crippen LogP contribution in [0.3, 0.4) is 0 Å². The number of hydrogen-bond donors (Lipinski definition) is 2. The molecule has 1 aliphatic rings. The molecule has 0 aliphatic heterocycles. The maximum Gasteiger partial charge on any atom is 0.258 e. The van der Waals surface area contributed by atoms with Crippen molar-refractivity contribution in [3.63, 3.8) is 0 Å². The lowest BCUT2D eigenvalue weighted by atomic mass is 9.96. The van der Waals surface area contributed by atoms with Crippen LogP contribution < -0.4 is 10.6 Å². The van der Waals surface area contributed by atoms with Gasteiger partial charge in [-0.05, 0) is 12.8 Å². The molecule has 106 valence electrons. The zero-order chi connectivity index (χ0) is 13.8. The summed E-state index contributed by atoms with van der Waals surface area (Å²) in [5.41, 5.74) is 0. The van der Waals surface area contributed by atoms with Gasteiger partial charge in [-0.15, -0.1) is 0 Å². The lowest BCUT2D eigenvalue weighted by Gasteiger charge is -2.22. The molecule has 3 rings (SSSR count). The molecule has 0 radical (unpaired) electrons. The van der Waals surface area contributed by atoms with E-state index in [0.717, 1.165) is 0 Å². The molecule has 0 amide bonds. The van der Waals surface area contributed by atoms with Crippen molar-refractivity contribution in [3.8, 4) is 5.95 Å². The van der Waals surface area contributed by atoms with Crippen molar-refractivity contribution in [2.45, 2.75) is 38.1 Å². The number of anilines is 2. The van der Waals surface area contributed by atoms with Crippen LogP contribution in [-0.2, 0) is 0 Å². The summed E-state index contributed by atoms with van der Waals surface area (Å²) in [4.78, 5) is 16.9. The van der Waals surface area contributed by atoms with E-state index in [4.69, 9.17) is 0 Å². The van der Waals surface area contributed by atoms with E-state index in [1.165, 1.54) is 43.1 Å². The molecule has 0 aromatic carbocycles. The van der Waals surface area contributed by atoms with E-state index >= 15 is 0 Å². The van der Waals surface area contributed by atoms with Crippen molar-refractivity contribution in [2.24, 2.45) is 0 Å². The molecular formula is C12H18N8. The van der Waals surface area contributed by atoms with Crippen LogP contribution in [0.2, 0.25) is 0 Å². The lowest BCUT2D eigenvalue weighted by molar-refractivity contribution is 0.460. The van der Waals surface area contributed by atoms with Crippen LogP contribution in [0.25, 0.3) is 5.95 Å². The van der Waals surface area contributed by atoms with E-state index in [1.54, 1.807) is 13.4 Å². The van der Waals surface area contributed by atoms with Crippen LogP contribution in [0, 0.1) is 0 Å². The first kappa shape index (κ1) is 12.8. The quantitative estimate of drug-likeness (QED) is 0.866. The van der Waals surface area contributed by atoms with Crippen LogP contribution in [0.1, 0.15) is 32.1 Å². The van der Waals surface area contributed by atoms with Crippen LogP contribution in [0.15, 0.2) is 12.7 Å². The minimum atomic E-state index is 0.444. The van der Waals surface area contributed by atoms with Crippen molar-refractivity contribution in [3.05, 3.63) is 12.7 Å². The Morgan fingerprint density at radius 3 is 2.60 bits per heavy atom. The topological polar surface area (TPSA) is 93.4 Å². The van der Waals surface area contributed by atoms with Crippen molar-refractivity contribution < 1.29 is 0 Å². The maximum atomic E-state index is 4.41. The van der Waals surface area contributed by atoms with E-state index in [9.17, 15) is 0 Å². The fourth-order valence-corrected chi connectivity index (χ4v) is 2.38. The molecule has 8 heteroatoms. The first-order valence-electron chi connectivity index (χ1n) is 6.90. The summed E-state index contributed by atoms with van der Waals surface area (Å²) in [7, 11) is 1.78. The molecule has 0 spiro atoms. The molecule has 0 unspecified atom stereocenters. The normalized spacial score (nSPS) is 16.1. The zero-order valence-corrected chi connectivity index (χ0v) is 11.5. The van der Waals surface area contributed by atoms with Gasteiger partial charge in [-0.2, -0.15) is 24.7 Å². The van der Waals surface area contributed by atoms with Crippen molar-refractivity contribution in [2.75, 3.05) is 17.7 Å². The number of rotatable bonds is 4. The number of aromatic nitrogens is 6. The second kappa shape index (κ2) is 5.81. The highest BCUT2D eigenvalue weighted by Gasteiger charge is 2.15. The third-order valence-electron chi connectivity index (χ3n) is 3.41. The zero-order valence-electron chi connectivity index (χ0n) is 11.5. The Kier molecular flexibility index (Phi) is 3.71. The minimum Gasteiger partial charge on any atom is -0.357 e. The Balaban J connectivity index is 1.84. The molecule has 0 atom stereocenters. The highest BCUT2D eigenvalue weighted by atomic mass is 15.4. The smallest absolute Gasteiger partial charge is 0.258 e. The summed E-state index contributed by atoms with van der Waals surface area (Å²) in [5, 5.41) is 10.4. The van der Waals surface area contributed by atoms with Gasteiger partial charge in [-0.1, -0.05) is 19.3 Å². The fourth-order valence-electron chi connectivity index (χ4n) is 2.38. The molecule has 1 saturated carbocycles. The summed E-state index contributed by atoms with van der Waals surface area (Å²) < 4.78 is 1.52. The molecule has 1 fully saturated rings. The summed E-state index contributed by atoms with van der Waals surface area (Å²) in [6, 6.07) is 0.444. The standard InChI is InChI=1S/C12H18N8/c1-13-10-17-11(16-9-5-3-2-4-6-9)19-12(18-10)20-8-14-7-15-20/h7-9H,2-6H2,1H3,(H2,13,16,17,18,19). The van der Waals surface area contributed by atoms with Gasteiger partial charge in [-0.3, -0.25) is 0 Å². The van der Waals surface area contributed by atoms with Gasteiger partial charge < -0.3 is 10.6 Å². The van der Waals surface area contributed by atoms with Crippen LogP contribution in [0.4, 0.5) is 11.9 Å². The molecule has 2 N–H and O–H groups in total. The summed E-state index contributed by atoms with van der Waals surface area (Å²) in [5.74, 6) is 1.56. The van der Waals surface area contributed by atoms with Gasteiger partial charge in [0.25, 0.3) is 5.95 Å². The lowest BCUT2D eigenvalue weighted by Crippen LogP contribution is -2.24. The third-order valence-corrected chi connectivity index (χ3v) is 3.41. The first-order chi connectivity index (χ1) is 9.85. The predicted molar refractivity (Wildman–Crippen MR) is 74.8 cm³/mol. The molecule has 0 bridgehead atoms. The third kappa shape index (κ3) is 2.84. The number of hydrogen-bond acceptors (Lipinski definition) is 7. The summed E-state index contributed by atoms with van der Waals surface area (Å²) in [6.07, 6.45) is 9.20. The molecule has 2 heterocycles. The van der Waals surface area contributed by atoms with Crippen molar-refractivity contribution in [1.82, 2.24) is 29.7 Å². The highest BCUT2D eigenvalue weighted by Crippen LogP contribution is 2.20. The Bertz CT molecular complexity index is 547. The van der Waals surface area contributed by atoms with Crippen LogP contribution in [-0.4, -0.2) is 42.8 Å². The van der Waals surface area contributed by atoms with Gasteiger partial charge in [0.15, 0.2) is 0 Å². The van der Waals surface area contributed by atoms with Crippen molar-refractivity contribution >= 4 is 11.9 Å². The molecule has 0 saturated heterocycles. The van der Waals surface area contributed by atoms with Gasteiger partial charge in [-0.25, -0.2) is 4.98 Å². The van der Waals surface area contributed by atoms with E-state index < -0.39 is 0 Å². The second-order valence-electron chi connectivity index (χ2n) is 4.85. The predicted octanol–water partition coefficient (Wildman–Crippen LogP) is 1.24. The largest absolute Gasteiger partial charge is 0.357 e. The van der Waals surface area contributed by atoms with E-state index in [1.807, 2.05) is 0 Å². The molecule has 1 aliphatic carbocycles. The number of nitrogens with one attached hydrogen (secondary N) is 2. The Morgan fingerprint density at radius 2 is 1.90 bits per heavy atom. The minimum absolute atomic E-state index is 0.444. The molecule has 20 heavy (non-hydrogen) atoms. The molecule has 8 nitrogen and oxygen atoms in total. The molecule has 2 aromatic heterocycles. The summed E-state index contributed by atoms with van der Waals surface area (Å²) in [6.45, 7) is 0. The van der Waals surface area contributed by atoms with Crippen LogP contribution >= 0.6 is 0 Å². The van der Waals surface area contributed by atoms with E-state index in [0.29, 0.717) is 23.9 Å². The number of nitrogens with zero attached hydrogens (tertiary/aromatic N) is 6. The van der Waals surface area contributed by atoms with Gasteiger partial charge in [0.05, 0.1) is 0 Å². The average molecular weight is 274 g/mol. The Morgan fingerprint density at radius 1 is 1.10 bits per heavy atom. The SMILES string of the molecule is CNc1nc(NC2CCCCC2)nc(-n2cncn2)n1. The maximum absolute atomic E-state index is 4.41. The second-order valence-corrected chi connectivity index (χ2v) is 4.85. The molecular weight excluding hydrogens is 256 g/mol. The van der Waals surface area contributed by atoms with Crippen LogP contribution in [0.5, 0.6) is 0 Å². The highest BCUT2D eigenvalue weighted by molar-refractivity contribution is 5.37.